The summed E-state index contributed by atoms with van der Waals surface area (Å²) in [4.78, 5) is 6.18. The van der Waals surface area contributed by atoms with Crippen LogP contribution in [-0.4, -0.2) is 35.1 Å². The fourth-order valence-corrected chi connectivity index (χ4v) is 2.31. The van der Waals surface area contributed by atoms with Gasteiger partial charge in [0.05, 0.1) is 6.10 Å². The zero-order valence-corrected chi connectivity index (χ0v) is 12.2. The quantitative estimate of drug-likeness (QED) is 0.876. The van der Waals surface area contributed by atoms with Crippen molar-refractivity contribution in [2.24, 2.45) is 0 Å². The van der Waals surface area contributed by atoms with Crippen molar-refractivity contribution < 1.29 is 5.11 Å². The second-order valence-corrected chi connectivity index (χ2v) is 5.24. The molecule has 0 aliphatic carbocycles. The first-order chi connectivity index (χ1) is 9.66. The van der Waals surface area contributed by atoms with Crippen molar-refractivity contribution in [3.05, 3.63) is 65.5 Å². The second kappa shape index (κ2) is 7.17. The van der Waals surface area contributed by atoms with Gasteiger partial charge < -0.3 is 10.0 Å². The van der Waals surface area contributed by atoms with Crippen LogP contribution in [0.25, 0.3) is 0 Å². The third kappa shape index (κ3) is 4.15. The third-order valence-corrected chi connectivity index (χ3v) is 3.56. The Morgan fingerprint density at radius 2 is 1.85 bits per heavy atom. The number of aryl methyl sites for hydroxylation is 1. The van der Waals surface area contributed by atoms with E-state index in [1.165, 1.54) is 5.56 Å². The van der Waals surface area contributed by atoms with Crippen LogP contribution < -0.4 is 0 Å². The Labute approximate surface area is 120 Å². The maximum absolute atomic E-state index is 10.3. The van der Waals surface area contributed by atoms with Crippen LogP contribution in [0.4, 0.5) is 0 Å². The van der Waals surface area contributed by atoms with E-state index in [-0.39, 0.29) is 0 Å². The largest absolute Gasteiger partial charge is 0.387 e. The van der Waals surface area contributed by atoms with Crippen LogP contribution in [0.2, 0.25) is 0 Å². The zero-order valence-electron chi connectivity index (χ0n) is 12.2. The molecular formula is C17H22N2O. The molecule has 0 aliphatic heterocycles. The lowest BCUT2D eigenvalue weighted by atomic mass is 10.0. The summed E-state index contributed by atoms with van der Waals surface area (Å²) in [5.41, 5.74) is 3.43. The highest BCUT2D eigenvalue weighted by Gasteiger charge is 2.12. The summed E-state index contributed by atoms with van der Waals surface area (Å²) >= 11 is 0. The molecule has 0 aliphatic rings. The number of hydrogen-bond acceptors (Lipinski definition) is 3. The first-order valence-corrected chi connectivity index (χ1v) is 6.98. The molecule has 0 fully saturated rings. The fourth-order valence-electron chi connectivity index (χ4n) is 2.31. The number of aliphatic hydroxyl groups excluding tert-OH is 1. The average molecular weight is 270 g/mol. The van der Waals surface area contributed by atoms with Gasteiger partial charge in [-0.3, -0.25) is 4.98 Å². The Hall–Kier alpha value is -1.71. The highest BCUT2D eigenvalue weighted by molar-refractivity contribution is 5.27. The van der Waals surface area contributed by atoms with Crippen LogP contribution in [-0.2, 0) is 6.42 Å². The fraction of sp³-hybridized carbons (Fsp3) is 0.353. The topological polar surface area (TPSA) is 36.4 Å². The Balaban J connectivity index is 1.85. The van der Waals surface area contributed by atoms with Gasteiger partial charge in [-0.15, -0.1) is 0 Å². The van der Waals surface area contributed by atoms with Crippen molar-refractivity contribution in [1.82, 2.24) is 9.88 Å². The molecule has 3 heteroatoms. The van der Waals surface area contributed by atoms with Crippen molar-refractivity contribution in [1.29, 1.82) is 0 Å². The molecule has 20 heavy (non-hydrogen) atoms. The number of aromatic nitrogens is 1. The lowest BCUT2D eigenvalue weighted by Gasteiger charge is -2.21. The van der Waals surface area contributed by atoms with E-state index in [2.05, 4.69) is 9.88 Å². The number of benzene rings is 1. The summed E-state index contributed by atoms with van der Waals surface area (Å²) in [7, 11) is 2.04. The van der Waals surface area contributed by atoms with Crippen molar-refractivity contribution in [2.75, 3.05) is 20.1 Å². The highest BCUT2D eigenvalue weighted by atomic mass is 16.3. The van der Waals surface area contributed by atoms with Gasteiger partial charge in [-0.1, -0.05) is 24.3 Å². The van der Waals surface area contributed by atoms with Gasteiger partial charge in [-0.2, -0.15) is 0 Å². The van der Waals surface area contributed by atoms with Gasteiger partial charge in [-0.25, -0.2) is 0 Å². The maximum Gasteiger partial charge on any atom is 0.0919 e. The number of rotatable bonds is 6. The highest BCUT2D eigenvalue weighted by Crippen LogP contribution is 2.17. The van der Waals surface area contributed by atoms with E-state index in [1.54, 1.807) is 0 Å². The molecule has 1 aromatic carbocycles. The summed E-state index contributed by atoms with van der Waals surface area (Å²) in [6.07, 6.45) is 4.17. The molecule has 1 heterocycles. The molecule has 2 rings (SSSR count). The molecule has 0 saturated carbocycles. The smallest absolute Gasteiger partial charge is 0.0919 e. The minimum absolute atomic E-state index is 0.432. The lowest BCUT2D eigenvalue weighted by molar-refractivity contribution is 0.127. The molecule has 0 amide bonds. The molecule has 0 radical (unpaired) electrons. The van der Waals surface area contributed by atoms with Gasteiger partial charge in [0.15, 0.2) is 0 Å². The van der Waals surface area contributed by atoms with Crippen LogP contribution >= 0.6 is 0 Å². The third-order valence-electron chi connectivity index (χ3n) is 3.56. The van der Waals surface area contributed by atoms with Crippen molar-refractivity contribution >= 4 is 0 Å². The minimum Gasteiger partial charge on any atom is -0.387 e. The number of hydrogen-bond donors (Lipinski definition) is 1. The van der Waals surface area contributed by atoms with Crippen LogP contribution in [0.1, 0.15) is 22.8 Å². The number of pyridine rings is 1. The van der Waals surface area contributed by atoms with Crippen LogP contribution in [0.3, 0.4) is 0 Å². The van der Waals surface area contributed by atoms with E-state index < -0.39 is 6.10 Å². The van der Waals surface area contributed by atoms with Crippen LogP contribution in [0, 0.1) is 6.92 Å². The van der Waals surface area contributed by atoms with Crippen molar-refractivity contribution in [3.63, 3.8) is 0 Å². The van der Waals surface area contributed by atoms with Crippen LogP contribution in [0.15, 0.2) is 48.8 Å². The number of aliphatic hydroxyl groups is 1. The second-order valence-electron chi connectivity index (χ2n) is 5.24. The Morgan fingerprint density at radius 3 is 2.55 bits per heavy atom. The molecule has 0 spiro atoms. The van der Waals surface area contributed by atoms with E-state index in [9.17, 15) is 5.11 Å². The number of likely N-dealkylation sites (N-methyl/N-ethyl adjacent to an activating group) is 1. The molecule has 1 unspecified atom stereocenters. The summed E-state index contributed by atoms with van der Waals surface area (Å²) < 4.78 is 0. The van der Waals surface area contributed by atoms with E-state index in [0.29, 0.717) is 6.54 Å². The minimum atomic E-state index is -0.432. The van der Waals surface area contributed by atoms with Gasteiger partial charge in [0.1, 0.15) is 0 Å². The monoisotopic (exact) mass is 270 g/mol. The van der Waals surface area contributed by atoms with Crippen molar-refractivity contribution in [2.45, 2.75) is 19.4 Å². The lowest BCUT2D eigenvalue weighted by Crippen LogP contribution is -2.27. The van der Waals surface area contributed by atoms with Crippen LogP contribution in [0.5, 0.6) is 0 Å². The summed E-state index contributed by atoms with van der Waals surface area (Å²) in [6.45, 7) is 3.61. The summed E-state index contributed by atoms with van der Waals surface area (Å²) in [5.74, 6) is 0. The first kappa shape index (κ1) is 14.7. The standard InChI is InChI=1S/C17H22N2O/c1-14-5-3-4-6-16(14)17(20)13-19(2)12-9-15-7-10-18-11-8-15/h3-8,10-11,17,20H,9,12-13H2,1-2H3. The molecule has 0 saturated heterocycles. The van der Waals surface area contributed by atoms with Gasteiger partial charge in [0, 0.05) is 25.5 Å². The van der Waals surface area contributed by atoms with E-state index in [0.717, 1.165) is 24.1 Å². The molecule has 1 N–H and O–H groups in total. The maximum atomic E-state index is 10.3. The Bertz CT molecular complexity index is 528. The number of nitrogens with zero attached hydrogens (tertiary/aromatic N) is 2. The van der Waals surface area contributed by atoms with Gasteiger partial charge in [-0.05, 0) is 49.2 Å². The molecule has 2 aromatic rings. The Morgan fingerprint density at radius 1 is 1.15 bits per heavy atom. The molecule has 106 valence electrons. The predicted octanol–water partition coefficient (Wildman–Crippen LogP) is 2.60. The zero-order chi connectivity index (χ0) is 14.4. The van der Waals surface area contributed by atoms with E-state index in [1.807, 2.05) is 62.8 Å². The molecular weight excluding hydrogens is 248 g/mol. The van der Waals surface area contributed by atoms with Gasteiger partial charge in [0.25, 0.3) is 0 Å². The summed E-state index contributed by atoms with van der Waals surface area (Å²) in [6, 6.07) is 12.1. The predicted molar refractivity (Wildman–Crippen MR) is 81.6 cm³/mol. The average Bonchev–Trinajstić information content (AvgIpc) is 2.46. The molecule has 1 atom stereocenters. The van der Waals surface area contributed by atoms with E-state index in [4.69, 9.17) is 0 Å². The molecule has 0 bridgehead atoms. The summed E-state index contributed by atoms with van der Waals surface area (Å²) in [5, 5.41) is 10.3. The molecule has 1 aromatic heterocycles. The SMILES string of the molecule is Cc1ccccc1C(O)CN(C)CCc1ccncc1. The van der Waals surface area contributed by atoms with Gasteiger partial charge >= 0.3 is 0 Å². The normalized spacial score (nSPS) is 12.6. The first-order valence-electron chi connectivity index (χ1n) is 6.98. The van der Waals surface area contributed by atoms with Crippen molar-refractivity contribution in [3.8, 4) is 0 Å². The van der Waals surface area contributed by atoms with E-state index >= 15 is 0 Å². The molecule has 3 nitrogen and oxygen atoms in total. The Kier molecular flexibility index (Phi) is 5.27. The van der Waals surface area contributed by atoms with Gasteiger partial charge in [0.2, 0.25) is 0 Å².